The van der Waals surface area contributed by atoms with Crippen LogP contribution < -0.4 is 5.11 Å². The van der Waals surface area contributed by atoms with Crippen LogP contribution in [0.25, 0.3) is 0 Å². The number of Topliss-reactive ketones (excluding diaryl/α,β-unsaturated/α-hetero) is 3. The first-order valence-electron chi connectivity index (χ1n) is 13.2. The lowest BCUT2D eigenvalue weighted by Gasteiger charge is -2.34. The standard InChI is InChI=1S/C29H34O8/c1-3-36-28(34)18-14-8-12-16-22(18)26(32)20(24(16)30)10-6-5-7-11-21-25(31)17-13-9-15-19(23(17)27(21)33)29(35)37-4-2/h5-7,10-11,16-19,22-23,30H,3-4,8-9,12-15H2,1-2H3/p-1/b7-5+,10-6+,21-11+. The molecule has 4 aliphatic carbocycles. The minimum absolute atomic E-state index is 0.0693. The minimum Gasteiger partial charge on any atom is -0.875 e. The molecule has 0 aromatic rings. The zero-order valence-corrected chi connectivity index (χ0v) is 21.3. The van der Waals surface area contributed by atoms with E-state index >= 15 is 0 Å². The number of carbonyl (C=O) groups is 5. The van der Waals surface area contributed by atoms with Crippen LogP contribution in [0.3, 0.4) is 0 Å². The summed E-state index contributed by atoms with van der Waals surface area (Å²) in [6.45, 7) is 3.87. The van der Waals surface area contributed by atoms with Gasteiger partial charge in [-0.2, -0.15) is 0 Å². The van der Waals surface area contributed by atoms with Gasteiger partial charge in [-0.3, -0.25) is 24.0 Å². The molecule has 0 heterocycles. The van der Waals surface area contributed by atoms with Crippen LogP contribution in [-0.2, 0) is 33.4 Å². The van der Waals surface area contributed by atoms with Crippen molar-refractivity contribution in [3.63, 3.8) is 0 Å². The van der Waals surface area contributed by atoms with Crippen molar-refractivity contribution in [3.8, 4) is 0 Å². The van der Waals surface area contributed by atoms with E-state index in [2.05, 4.69) is 0 Å². The molecule has 8 nitrogen and oxygen atoms in total. The zero-order chi connectivity index (χ0) is 26.7. The number of ether oxygens (including phenoxy) is 2. The quantitative estimate of drug-likeness (QED) is 0.222. The van der Waals surface area contributed by atoms with Crippen molar-refractivity contribution in [1.29, 1.82) is 0 Å². The summed E-state index contributed by atoms with van der Waals surface area (Å²) >= 11 is 0. The Morgan fingerprint density at radius 3 is 1.95 bits per heavy atom. The van der Waals surface area contributed by atoms with Crippen molar-refractivity contribution >= 4 is 29.3 Å². The highest BCUT2D eigenvalue weighted by atomic mass is 16.5. The van der Waals surface area contributed by atoms with Crippen LogP contribution in [0.4, 0.5) is 0 Å². The summed E-state index contributed by atoms with van der Waals surface area (Å²) in [6, 6.07) is 0. The second kappa shape index (κ2) is 11.4. The molecule has 0 bridgehead atoms. The number of ketones is 3. The maximum absolute atomic E-state index is 13.0. The highest BCUT2D eigenvalue weighted by molar-refractivity contribution is 6.28. The molecule has 198 valence electrons. The highest BCUT2D eigenvalue weighted by Crippen LogP contribution is 2.46. The molecule has 4 aliphatic rings. The maximum atomic E-state index is 13.0. The van der Waals surface area contributed by atoms with Crippen molar-refractivity contribution in [2.24, 2.45) is 35.5 Å². The van der Waals surface area contributed by atoms with Crippen molar-refractivity contribution < 1.29 is 38.6 Å². The van der Waals surface area contributed by atoms with Gasteiger partial charge in [0.1, 0.15) is 0 Å². The molecular formula is C29H33O8-. The number of hydrogen-bond acceptors (Lipinski definition) is 8. The molecule has 37 heavy (non-hydrogen) atoms. The van der Waals surface area contributed by atoms with Crippen LogP contribution in [0, 0.1) is 35.5 Å². The zero-order valence-electron chi connectivity index (χ0n) is 21.3. The Kier molecular flexibility index (Phi) is 8.25. The summed E-state index contributed by atoms with van der Waals surface area (Å²) in [6.07, 6.45) is 11.1. The van der Waals surface area contributed by atoms with E-state index in [4.69, 9.17) is 9.47 Å². The van der Waals surface area contributed by atoms with E-state index in [0.717, 1.165) is 0 Å². The number of rotatable bonds is 7. The predicted octanol–water partition coefficient (Wildman–Crippen LogP) is 2.57. The van der Waals surface area contributed by atoms with E-state index in [1.165, 1.54) is 24.3 Å². The van der Waals surface area contributed by atoms with Gasteiger partial charge in [0.2, 0.25) is 0 Å². The lowest BCUT2D eigenvalue weighted by atomic mass is 9.72. The van der Waals surface area contributed by atoms with Crippen LogP contribution in [-0.4, -0.2) is 42.5 Å². The monoisotopic (exact) mass is 509 g/mol. The van der Waals surface area contributed by atoms with E-state index in [9.17, 15) is 29.1 Å². The summed E-state index contributed by atoms with van der Waals surface area (Å²) in [5.41, 5.74) is 0.139. The molecule has 6 unspecified atom stereocenters. The average Bonchev–Trinajstić information content (AvgIpc) is 3.28. The Labute approximate surface area is 216 Å². The lowest BCUT2D eigenvalue weighted by Crippen LogP contribution is -2.37. The molecule has 3 fully saturated rings. The molecule has 0 spiro atoms. The van der Waals surface area contributed by atoms with Gasteiger partial charge in [0.25, 0.3) is 0 Å². The third-order valence-corrected chi connectivity index (χ3v) is 8.06. The number of esters is 2. The number of fused-ring (bicyclic) bond motifs is 2. The van der Waals surface area contributed by atoms with E-state index in [-0.39, 0.29) is 47.5 Å². The van der Waals surface area contributed by atoms with Gasteiger partial charge in [-0.25, -0.2) is 0 Å². The van der Waals surface area contributed by atoms with Crippen LogP contribution in [0.2, 0.25) is 0 Å². The van der Waals surface area contributed by atoms with Crippen molar-refractivity contribution in [1.82, 2.24) is 0 Å². The molecule has 0 amide bonds. The third-order valence-electron chi connectivity index (χ3n) is 8.06. The van der Waals surface area contributed by atoms with Gasteiger partial charge in [0.15, 0.2) is 17.3 Å². The molecule has 8 heteroatoms. The minimum atomic E-state index is -0.671. The van der Waals surface area contributed by atoms with Gasteiger partial charge >= 0.3 is 11.9 Å². The molecule has 0 N–H and O–H groups in total. The van der Waals surface area contributed by atoms with Crippen molar-refractivity contribution in [2.45, 2.75) is 52.4 Å². The van der Waals surface area contributed by atoms with Gasteiger partial charge in [0.05, 0.1) is 30.6 Å². The summed E-state index contributed by atoms with van der Waals surface area (Å²) in [4.78, 5) is 63.6. The molecule has 0 aromatic carbocycles. The highest BCUT2D eigenvalue weighted by Gasteiger charge is 2.53. The fourth-order valence-electron chi connectivity index (χ4n) is 6.44. The average molecular weight is 510 g/mol. The smallest absolute Gasteiger partial charge is 0.309 e. The molecule has 0 radical (unpaired) electrons. The normalized spacial score (nSPS) is 32.9. The molecule has 0 saturated heterocycles. The summed E-state index contributed by atoms with van der Waals surface area (Å²) < 4.78 is 10.3. The largest absolute Gasteiger partial charge is 0.875 e. The van der Waals surface area contributed by atoms with E-state index in [1.807, 2.05) is 0 Å². The summed E-state index contributed by atoms with van der Waals surface area (Å²) in [7, 11) is 0. The van der Waals surface area contributed by atoms with Gasteiger partial charge in [0, 0.05) is 23.3 Å². The Bertz CT molecular complexity index is 1110. The first-order chi connectivity index (χ1) is 17.8. The van der Waals surface area contributed by atoms with Crippen LogP contribution >= 0.6 is 0 Å². The van der Waals surface area contributed by atoms with Crippen molar-refractivity contribution in [2.75, 3.05) is 13.2 Å². The molecule has 6 atom stereocenters. The topological polar surface area (TPSA) is 127 Å². The molecule has 3 saturated carbocycles. The van der Waals surface area contributed by atoms with Crippen LogP contribution in [0.15, 0.2) is 47.3 Å². The van der Waals surface area contributed by atoms with Gasteiger partial charge in [-0.1, -0.05) is 37.1 Å². The van der Waals surface area contributed by atoms with Gasteiger partial charge < -0.3 is 14.6 Å². The third kappa shape index (κ3) is 4.98. The van der Waals surface area contributed by atoms with Gasteiger partial charge in [-0.05, 0) is 51.5 Å². The number of allylic oxidation sites excluding steroid dienone is 8. The van der Waals surface area contributed by atoms with E-state index in [1.54, 1.807) is 19.9 Å². The van der Waals surface area contributed by atoms with Gasteiger partial charge in [-0.15, -0.1) is 5.76 Å². The van der Waals surface area contributed by atoms with E-state index in [0.29, 0.717) is 38.5 Å². The fraction of sp³-hybridized carbons (Fsp3) is 0.552. The number of carbonyl (C=O) groups excluding carboxylic acids is 5. The second-order valence-corrected chi connectivity index (χ2v) is 10.0. The lowest BCUT2D eigenvalue weighted by molar-refractivity contribution is -0.317. The van der Waals surface area contributed by atoms with Crippen LogP contribution in [0.1, 0.15) is 52.4 Å². The maximum Gasteiger partial charge on any atom is 0.309 e. The van der Waals surface area contributed by atoms with Crippen molar-refractivity contribution in [3.05, 3.63) is 47.3 Å². The summed E-state index contributed by atoms with van der Waals surface area (Å²) in [5, 5.41) is 12.9. The predicted molar refractivity (Wildman–Crippen MR) is 130 cm³/mol. The molecule has 0 aliphatic heterocycles. The Morgan fingerprint density at radius 2 is 1.35 bits per heavy atom. The first kappa shape index (κ1) is 26.8. The Morgan fingerprint density at radius 1 is 0.784 bits per heavy atom. The fourth-order valence-corrected chi connectivity index (χ4v) is 6.44. The number of hydrogen-bond donors (Lipinski definition) is 0. The second-order valence-electron chi connectivity index (χ2n) is 10.0. The Hall–Kier alpha value is -3.29. The SMILES string of the molecule is CCOC(=O)C1CCCC2C([O-])=C(/C=C/C=C/C=C3\C(=O)C4CCCC(C(=O)OCC)C4C3=O)C(=O)C12. The summed E-state index contributed by atoms with van der Waals surface area (Å²) in [5.74, 6) is -5.52. The molecule has 0 aromatic heterocycles. The molecular weight excluding hydrogens is 476 g/mol. The first-order valence-corrected chi connectivity index (χ1v) is 13.2. The van der Waals surface area contributed by atoms with E-state index < -0.39 is 47.4 Å². The Balaban J connectivity index is 1.46. The molecule has 4 rings (SSSR count). The van der Waals surface area contributed by atoms with Crippen LogP contribution in [0.5, 0.6) is 0 Å².